The molecule has 17 heavy (non-hydrogen) atoms. The Hall–Kier alpha value is -1.22. The van der Waals surface area contributed by atoms with Crippen LogP contribution in [0.15, 0.2) is 24.3 Å². The minimum Gasteiger partial charge on any atom is -0.304 e. The average molecular weight is 237 g/mol. The van der Waals surface area contributed by atoms with Crippen molar-refractivity contribution in [2.24, 2.45) is 0 Å². The summed E-state index contributed by atoms with van der Waals surface area (Å²) in [5, 5.41) is 0. The molecular weight excluding hydrogens is 217 g/mol. The van der Waals surface area contributed by atoms with Crippen LogP contribution in [0, 0.1) is 5.82 Å². The van der Waals surface area contributed by atoms with Crippen LogP contribution < -0.4 is 0 Å². The van der Waals surface area contributed by atoms with Gasteiger partial charge in [0, 0.05) is 12.0 Å². The van der Waals surface area contributed by atoms with Crippen LogP contribution >= 0.6 is 0 Å². The first-order valence-electron chi connectivity index (χ1n) is 6.18. The summed E-state index contributed by atoms with van der Waals surface area (Å²) < 4.78 is 12.7. The summed E-state index contributed by atoms with van der Waals surface area (Å²) in [5.74, 6) is -0.207. The third-order valence-electron chi connectivity index (χ3n) is 2.94. The summed E-state index contributed by atoms with van der Waals surface area (Å²) in [6.45, 7) is 7.21. The highest BCUT2D eigenvalue weighted by molar-refractivity contribution is 5.95. The largest absolute Gasteiger partial charge is 0.304 e. The van der Waals surface area contributed by atoms with Gasteiger partial charge in [-0.3, -0.25) is 4.79 Å². The molecule has 0 radical (unpaired) electrons. The summed E-state index contributed by atoms with van der Waals surface area (Å²) in [7, 11) is 0. The quantitative estimate of drug-likeness (QED) is 0.679. The van der Waals surface area contributed by atoms with Crippen LogP contribution in [-0.2, 0) is 0 Å². The maximum Gasteiger partial charge on any atom is 0.162 e. The minimum atomic E-state index is -0.301. The molecule has 0 spiro atoms. The molecular formula is C14H20FNO. The van der Waals surface area contributed by atoms with Gasteiger partial charge in [-0.15, -0.1) is 0 Å². The summed E-state index contributed by atoms with van der Waals surface area (Å²) in [4.78, 5) is 14.1. The molecule has 0 amide bonds. The first kappa shape index (κ1) is 13.8. The number of carbonyl (C=O) groups excluding carboxylic acids is 1. The van der Waals surface area contributed by atoms with E-state index in [0.29, 0.717) is 12.0 Å². The number of nitrogens with zero attached hydrogens (tertiary/aromatic N) is 1. The Bertz CT molecular complexity index is 344. The first-order valence-corrected chi connectivity index (χ1v) is 6.18. The Balaban J connectivity index is 2.37. The molecule has 0 saturated heterocycles. The fourth-order valence-electron chi connectivity index (χ4n) is 1.78. The number of rotatable bonds is 7. The number of ketones is 1. The molecule has 1 aromatic rings. The van der Waals surface area contributed by atoms with Crippen LogP contribution in [0.3, 0.4) is 0 Å². The van der Waals surface area contributed by atoms with Gasteiger partial charge in [0.2, 0.25) is 0 Å². The van der Waals surface area contributed by atoms with Crippen molar-refractivity contribution in [2.45, 2.75) is 26.7 Å². The van der Waals surface area contributed by atoms with Gasteiger partial charge in [0.25, 0.3) is 0 Å². The van der Waals surface area contributed by atoms with E-state index in [1.165, 1.54) is 12.1 Å². The Kier molecular flexibility index (Phi) is 5.84. The SMILES string of the molecule is CCN(CC)CCCC(=O)c1ccc(F)cc1. The summed E-state index contributed by atoms with van der Waals surface area (Å²) in [6, 6.07) is 5.76. The van der Waals surface area contributed by atoms with E-state index in [4.69, 9.17) is 0 Å². The van der Waals surface area contributed by atoms with Crippen LogP contribution in [0.4, 0.5) is 4.39 Å². The van der Waals surface area contributed by atoms with Crippen molar-refractivity contribution >= 4 is 5.78 Å². The van der Waals surface area contributed by atoms with Gasteiger partial charge in [-0.2, -0.15) is 0 Å². The lowest BCUT2D eigenvalue weighted by atomic mass is 10.1. The van der Waals surface area contributed by atoms with Crippen molar-refractivity contribution in [3.8, 4) is 0 Å². The van der Waals surface area contributed by atoms with Gasteiger partial charge in [0.05, 0.1) is 0 Å². The maximum atomic E-state index is 12.7. The van der Waals surface area contributed by atoms with Crippen LogP contribution in [0.5, 0.6) is 0 Å². The van der Waals surface area contributed by atoms with Crippen molar-refractivity contribution in [1.29, 1.82) is 0 Å². The molecule has 94 valence electrons. The van der Waals surface area contributed by atoms with Crippen LogP contribution in [0.1, 0.15) is 37.0 Å². The summed E-state index contributed by atoms with van der Waals surface area (Å²) >= 11 is 0. The Morgan fingerprint density at radius 1 is 1.18 bits per heavy atom. The first-order chi connectivity index (χ1) is 8.17. The van der Waals surface area contributed by atoms with Crippen LogP contribution in [-0.4, -0.2) is 30.3 Å². The van der Waals surface area contributed by atoms with Crippen molar-refractivity contribution < 1.29 is 9.18 Å². The molecule has 0 unspecified atom stereocenters. The smallest absolute Gasteiger partial charge is 0.162 e. The van der Waals surface area contributed by atoms with Crippen molar-refractivity contribution in [3.05, 3.63) is 35.6 Å². The highest BCUT2D eigenvalue weighted by Gasteiger charge is 2.06. The lowest BCUT2D eigenvalue weighted by molar-refractivity contribution is 0.0975. The molecule has 0 bridgehead atoms. The molecule has 0 aliphatic rings. The predicted octanol–water partition coefficient (Wildman–Crippen LogP) is 3.13. The van der Waals surface area contributed by atoms with E-state index in [1.807, 2.05) is 0 Å². The number of halogens is 1. The molecule has 0 heterocycles. The zero-order valence-corrected chi connectivity index (χ0v) is 10.6. The Morgan fingerprint density at radius 3 is 2.29 bits per heavy atom. The second-order valence-electron chi connectivity index (χ2n) is 4.06. The van der Waals surface area contributed by atoms with E-state index >= 15 is 0 Å². The second kappa shape index (κ2) is 7.17. The predicted molar refractivity (Wildman–Crippen MR) is 67.8 cm³/mol. The van der Waals surface area contributed by atoms with Crippen molar-refractivity contribution in [3.63, 3.8) is 0 Å². The molecule has 0 aromatic heterocycles. The van der Waals surface area contributed by atoms with Gasteiger partial charge in [0.15, 0.2) is 5.78 Å². The zero-order chi connectivity index (χ0) is 12.7. The van der Waals surface area contributed by atoms with Crippen LogP contribution in [0.2, 0.25) is 0 Å². The fourth-order valence-corrected chi connectivity index (χ4v) is 1.78. The number of Topliss-reactive ketones (excluding diaryl/α,β-unsaturated/α-hetero) is 1. The van der Waals surface area contributed by atoms with Gasteiger partial charge in [0.1, 0.15) is 5.82 Å². The van der Waals surface area contributed by atoms with Gasteiger partial charge >= 0.3 is 0 Å². The summed E-state index contributed by atoms with van der Waals surface area (Å²) in [6.07, 6.45) is 1.39. The zero-order valence-electron chi connectivity index (χ0n) is 10.6. The second-order valence-corrected chi connectivity index (χ2v) is 4.06. The molecule has 0 saturated carbocycles. The minimum absolute atomic E-state index is 0.0946. The van der Waals surface area contributed by atoms with Gasteiger partial charge in [-0.05, 0) is 50.3 Å². The average Bonchev–Trinajstić information content (AvgIpc) is 2.35. The van der Waals surface area contributed by atoms with Crippen LogP contribution in [0.25, 0.3) is 0 Å². The van der Waals surface area contributed by atoms with Gasteiger partial charge in [-0.25, -0.2) is 4.39 Å². The molecule has 3 heteroatoms. The van der Waals surface area contributed by atoms with E-state index in [-0.39, 0.29) is 11.6 Å². The molecule has 0 atom stereocenters. The van der Waals surface area contributed by atoms with Gasteiger partial charge in [-0.1, -0.05) is 13.8 Å². The van der Waals surface area contributed by atoms with Crippen molar-refractivity contribution in [1.82, 2.24) is 4.90 Å². The third-order valence-corrected chi connectivity index (χ3v) is 2.94. The number of carbonyl (C=O) groups is 1. The van der Waals surface area contributed by atoms with E-state index in [2.05, 4.69) is 18.7 Å². The lowest BCUT2D eigenvalue weighted by Gasteiger charge is -2.17. The highest BCUT2D eigenvalue weighted by atomic mass is 19.1. The number of hydrogen-bond acceptors (Lipinski definition) is 2. The summed E-state index contributed by atoms with van der Waals surface area (Å²) in [5.41, 5.74) is 0.603. The standard InChI is InChI=1S/C14H20FNO/c1-3-16(4-2)11-5-6-14(17)12-7-9-13(15)10-8-12/h7-10H,3-6,11H2,1-2H3. The van der Waals surface area contributed by atoms with E-state index in [0.717, 1.165) is 26.1 Å². The molecule has 0 aliphatic heterocycles. The lowest BCUT2D eigenvalue weighted by Crippen LogP contribution is -2.24. The fraction of sp³-hybridized carbons (Fsp3) is 0.500. The van der Waals surface area contributed by atoms with E-state index in [1.54, 1.807) is 12.1 Å². The molecule has 0 N–H and O–H groups in total. The molecule has 2 nitrogen and oxygen atoms in total. The van der Waals surface area contributed by atoms with Gasteiger partial charge < -0.3 is 4.90 Å². The maximum absolute atomic E-state index is 12.7. The molecule has 0 fully saturated rings. The van der Waals surface area contributed by atoms with E-state index in [9.17, 15) is 9.18 Å². The topological polar surface area (TPSA) is 20.3 Å². The Morgan fingerprint density at radius 2 is 1.76 bits per heavy atom. The normalized spacial score (nSPS) is 10.8. The molecule has 1 aromatic carbocycles. The molecule has 1 rings (SSSR count). The van der Waals surface area contributed by atoms with Crippen molar-refractivity contribution in [2.75, 3.05) is 19.6 Å². The number of benzene rings is 1. The van der Waals surface area contributed by atoms with E-state index < -0.39 is 0 Å². The monoisotopic (exact) mass is 237 g/mol. The number of hydrogen-bond donors (Lipinski definition) is 0. The third kappa shape index (κ3) is 4.65. The molecule has 0 aliphatic carbocycles. The highest BCUT2D eigenvalue weighted by Crippen LogP contribution is 2.07. The Labute approximate surface area is 102 Å².